The van der Waals surface area contributed by atoms with Gasteiger partial charge in [-0.05, 0) is 36.4 Å². The van der Waals surface area contributed by atoms with Crippen molar-refractivity contribution in [3.05, 3.63) is 76.5 Å². The predicted molar refractivity (Wildman–Crippen MR) is 115 cm³/mol. The lowest BCUT2D eigenvalue weighted by atomic mass is 10.2. The summed E-state index contributed by atoms with van der Waals surface area (Å²) in [4.78, 5) is 25.4. The van der Waals surface area contributed by atoms with Crippen molar-refractivity contribution >= 4 is 22.5 Å². The fraction of sp³-hybridized carbons (Fsp3) is 0.217. The number of aryl methyl sites for hydroxylation is 1. The number of hydrogen-bond acceptors (Lipinski definition) is 4. The van der Waals surface area contributed by atoms with Crippen LogP contribution in [0.25, 0.3) is 16.6 Å². The van der Waals surface area contributed by atoms with Gasteiger partial charge in [0.25, 0.3) is 5.56 Å². The van der Waals surface area contributed by atoms with Crippen LogP contribution in [0.2, 0.25) is 0 Å². The maximum Gasteiger partial charge on any atom is 0.275 e. The van der Waals surface area contributed by atoms with Crippen molar-refractivity contribution in [2.45, 2.75) is 19.5 Å². The number of ether oxygens (including phenoxy) is 2. The average Bonchev–Trinajstić information content (AvgIpc) is 3.27. The average molecular weight is 423 g/mol. The Balaban J connectivity index is 1.54. The summed E-state index contributed by atoms with van der Waals surface area (Å²) in [5.74, 6) is 0.454. The summed E-state index contributed by atoms with van der Waals surface area (Å²) in [6, 6.07) is 13.2. The van der Waals surface area contributed by atoms with Gasteiger partial charge in [0.15, 0.2) is 11.5 Å². The summed E-state index contributed by atoms with van der Waals surface area (Å²) in [5, 5.41) is 2.84. The molecular weight excluding hydrogens is 401 g/mol. The molecule has 8 heteroatoms. The molecule has 0 atom stereocenters. The van der Waals surface area contributed by atoms with Gasteiger partial charge in [-0.25, -0.2) is 4.39 Å². The number of carbonyl (C=O) groups excluding carboxylic acids is 1. The quantitative estimate of drug-likeness (QED) is 0.496. The van der Waals surface area contributed by atoms with E-state index in [4.69, 9.17) is 9.47 Å². The molecule has 0 aliphatic rings. The number of nitrogens with one attached hydrogen (secondary N) is 1. The Kier molecular flexibility index (Phi) is 5.62. The number of amides is 1. The third-order valence-electron chi connectivity index (χ3n) is 5.22. The van der Waals surface area contributed by atoms with Crippen LogP contribution in [-0.2, 0) is 17.9 Å². The molecule has 7 nitrogen and oxygen atoms in total. The maximum absolute atomic E-state index is 13.9. The SMILES string of the molecule is COc1cccc(CNC(=O)CCn2c(=O)c3cccn3c3ccc(F)cc32)c1OC. The van der Waals surface area contributed by atoms with E-state index in [1.807, 2.05) is 12.1 Å². The Morgan fingerprint density at radius 3 is 2.65 bits per heavy atom. The number of halogens is 1. The zero-order chi connectivity index (χ0) is 22.0. The van der Waals surface area contributed by atoms with Gasteiger partial charge in [-0.1, -0.05) is 12.1 Å². The van der Waals surface area contributed by atoms with E-state index in [1.54, 1.807) is 42.0 Å². The van der Waals surface area contributed by atoms with Crippen LogP contribution >= 0.6 is 0 Å². The Morgan fingerprint density at radius 1 is 1.03 bits per heavy atom. The van der Waals surface area contributed by atoms with E-state index < -0.39 is 5.82 Å². The van der Waals surface area contributed by atoms with Crippen molar-refractivity contribution in [3.8, 4) is 11.5 Å². The molecule has 1 amide bonds. The van der Waals surface area contributed by atoms with E-state index in [2.05, 4.69) is 5.32 Å². The maximum atomic E-state index is 13.9. The van der Waals surface area contributed by atoms with Gasteiger partial charge in [-0.2, -0.15) is 0 Å². The summed E-state index contributed by atoms with van der Waals surface area (Å²) >= 11 is 0. The van der Waals surface area contributed by atoms with E-state index in [-0.39, 0.29) is 31.0 Å². The molecule has 2 aromatic heterocycles. The summed E-state index contributed by atoms with van der Waals surface area (Å²) in [7, 11) is 3.09. The second kappa shape index (κ2) is 8.51. The van der Waals surface area contributed by atoms with E-state index >= 15 is 0 Å². The lowest BCUT2D eigenvalue weighted by Gasteiger charge is -2.14. The third-order valence-corrected chi connectivity index (χ3v) is 5.22. The van der Waals surface area contributed by atoms with Gasteiger partial charge in [0.05, 0.1) is 25.3 Å². The number of methoxy groups -OCH3 is 2. The second-order valence-electron chi connectivity index (χ2n) is 7.03. The highest BCUT2D eigenvalue weighted by molar-refractivity contribution is 5.80. The number of benzene rings is 2. The van der Waals surface area contributed by atoms with Gasteiger partial charge in [0.2, 0.25) is 5.91 Å². The molecule has 1 N–H and O–H groups in total. The lowest BCUT2D eigenvalue weighted by molar-refractivity contribution is -0.121. The number of rotatable bonds is 7. The van der Waals surface area contributed by atoms with Crippen LogP contribution in [0.4, 0.5) is 4.39 Å². The first-order valence-corrected chi connectivity index (χ1v) is 9.79. The molecule has 0 fully saturated rings. The first-order chi connectivity index (χ1) is 15.0. The van der Waals surface area contributed by atoms with Crippen molar-refractivity contribution in [2.24, 2.45) is 0 Å². The van der Waals surface area contributed by atoms with Crippen molar-refractivity contribution in [1.29, 1.82) is 0 Å². The molecule has 160 valence electrons. The van der Waals surface area contributed by atoms with Crippen LogP contribution in [0.1, 0.15) is 12.0 Å². The Hall–Kier alpha value is -3.81. The normalized spacial score (nSPS) is 11.1. The van der Waals surface area contributed by atoms with Crippen molar-refractivity contribution in [3.63, 3.8) is 0 Å². The number of aromatic nitrogens is 2. The molecule has 2 heterocycles. The van der Waals surface area contributed by atoms with Crippen LogP contribution in [-0.4, -0.2) is 29.1 Å². The monoisotopic (exact) mass is 423 g/mol. The minimum Gasteiger partial charge on any atom is -0.493 e. The molecule has 0 saturated heterocycles. The predicted octanol–water partition coefficient (Wildman–Crippen LogP) is 3.12. The molecule has 0 unspecified atom stereocenters. The van der Waals surface area contributed by atoms with Crippen LogP contribution in [0.15, 0.2) is 59.5 Å². The molecule has 0 radical (unpaired) electrons. The van der Waals surface area contributed by atoms with Crippen molar-refractivity contribution in [1.82, 2.24) is 14.3 Å². The van der Waals surface area contributed by atoms with Crippen molar-refractivity contribution in [2.75, 3.05) is 14.2 Å². The number of nitrogens with zero attached hydrogens (tertiary/aromatic N) is 2. The number of carbonyl (C=O) groups is 1. The summed E-state index contributed by atoms with van der Waals surface area (Å²) in [5.41, 5.74) is 2.11. The Labute approximate surface area is 177 Å². The second-order valence-corrected chi connectivity index (χ2v) is 7.03. The summed E-state index contributed by atoms with van der Waals surface area (Å²) in [6.07, 6.45) is 1.82. The van der Waals surface area contributed by atoms with Gasteiger partial charge in [-0.15, -0.1) is 0 Å². The highest BCUT2D eigenvalue weighted by atomic mass is 19.1. The number of para-hydroxylation sites is 1. The van der Waals surface area contributed by atoms with Gasteiger partial charge >= 0.3 is 0 Å². The fourth-order valence-electron chi connectivity index (χ4n) is 3.74. The molecule has 0 aliphatic carbocycles. The minimum atomic E-state index is -0.443. The first kappa shape index (κ1) is 20.5. The van der Waals surface area contributed by atoms with E-state index in [9.17, 15) is 14.0 Å². The standard InChI is InChI=1S/C23H22FN3O4/c1-30-20-7-3-5-15(22(20)31-2)14-25-21(28)10-12-27-19-13-16(24)8-9-17(19)26-11-4-6-18(26)23(27)29/h3-9,11,13H,10,12,14H2,1-2H3,(H,25,28). The van der Waals surface area contributed by atoms with Crippen molar-refractivity contribution < 1.29 is 18.7 Å². The first-order valence-electron chi connectivity index (χ1n) is 9.79. The number of fused-ring (bicyclic) bond motifs is 3. The molecule has 4 rings (SSSR count). The van der Waals surface area contributed by atoms with Crippen LogP contribution in [0, 0.1) is 5.82 Å². The van der Waals surface area contributed by atoms with Gasteiger partial charge in [-0.3, -0.25) is 9.59 Å². The molecule has 0 saturated carbocycles. The van der Waals surface area contributed by atoms with Crippen LogP contribution in [0.5, 0.6) is 11.5 Å². The largest absolute Gasteiger partial charge is 0.493 e. The Morgan fingerprint density at radius 2 is 1.87 bits per heavy atom. The highest BCUT2D eigenvalue weighted by Gasteiger charge is 2.14. The van der Waals surface area contributed by atoms with Crippen LogP contribution < -0.4 is 20.3 Å². The molecule has 2 aromatic carbocycles. The number of hydrogen-bond donors (Lipinski definition) is 1. The minimum absolute atomic E-state index is 0.0642. The zero-order valence-corrected chi connectivity index (χ0v) is 17.2. The fourth-order valence-corrected chi connectivity index (χ4v) is 3.74. The van der Waals surface area contributed by atoms with Gasteiger partial charge < -0.3 is 23.8 Å². The lowest BCUT2D eigenvalue weighted by Crippen LogP contribution is -2.28. The van der Waals surface area contributed by atoms with E-state index in [1.165, 1.54) is 23.8 Å². The van der Waals surface area contributed by atoms with Gasteiger partial charge in [0.1, 0.15) is 11.3 Å². The van der Waals surface area contributed by atoms with E-state index in [0.29, 0.717) is 28.0 Å². The summed E-state index contributed by atoms with van der Waals surface area (Å²) in [6.45, 7) is 0.378. The molecule has 0 bridgehead atoms. The Bertz CT molecular complexity index is 1330. The van der Waals surface area contributed by atoms with Gasteiger partial charge in [0, 0.05) is 31.3 Å². The molecular formula is C23H22FN3O4. The molecule has 0 spiro atoms. The molecule has 0 aliphatic heterocycles. The highest BCUT2D eigenvalue weighted by Crippen LogP contribution is 2.30. The van der Waals surface area contributed by atoms with E-state index in [0.717, 1.165) is 5.56 Å². The third kappa shape index (κ3) is 3.84. The summed E-state index contributed by atoms with van der Waals surface area (Å²) < 4.78 is 27.7. The molecule has 4 aromatic rings. The van der Waals surface area contributed by atoms with Crippen LogP contribution in [0.3, 0.4) is 0 Å². The topological polar surface area (TPSA) is 74.0 Å². The zero-order valence-electron chi connectivity index (χ0n) is 17.2. The molecule has 31 heavy (non-hydrogen) atoms. The smallest absolute Gasteiger partial charge is 0.275 e.